The van der Waals surface area contributed by atoms with Crippen molar-refractivity contribution in [2.75, 3.05) is 36.8 Å². The number of hydrogen-bond acceptors (Lipinski definition) is 5. The summed E-state index contributed by atoms with van der Waals surface area (Å²) < 4.78 is 26.1. The van der Waals surface area contributed by atoms with Crippen molar-refractivity contribution < 1.29 is 8.42 Å². The van der Waals surface area contributed by atoms with Crippen LogP contribution < -0.4 is 4.90 Å². The van der Waals surface area contributed by atoms with Gasteiger partial charge in [-0.25, -0.2) is 18.4 Å². The van der Waals surface area contributed by atoms with Gasteiger partial charge >= 0.3 is 0 Å². The van der Waals surface area contributed by atoms with E-state index < -0.39 is 10.0 Å². The highest BCUT2D eigenvalue weighted by Gasteiger charge is 2.31. The summed E-state index contributed by atoms with van der Waals surface area (Å²) in [6.07, 6.45) is 3.12. The number of aromatic nitrogens is 2. The molecule has 0 atom stereocenters. The normalized spacial score (nSPS) is 18.2. The zero-order valence-electron chi connectivity index (χ0n) is 17.6. The van der Waals surface area contributed by atoms with Crippen molar-refractivity contribution in [1.29, 1.82) is 0 Å². The highest BCUT2D eigenvalue weighted by molar-refractivity contribution is 7.89. The summed E-state index contributed by atoms with van der Waals surface area (Å²) in [5.74, 6) is 2.59. The average Bonchev–Trinajstić information content (AvgIpc) is 3.55. The Labute approximate surface area is 174 Å². The van der Waals surface area contributed by atoms with Gasteiger partial charge in [0.25, 0.3) is 0 Å². The van der Waals surface area contributed by atoms with Crippen LogP contribution in [0.3, 0.4) is 0 Å². The van der Waals surface area contributed by atoms with E-state index in [9.17, 15) is 8.42 Å². The van der Waals surface area contributed by atoms with Crippen LogP contribution in [0.4, 0.5) is 5.82 Å². The SMILES string of the molecule is CCS(=O)(=O)N1CCN(c2nc(C3CC3)nc(C)c2Cc2cccc(C)c2)CC1. The molecule has 0 bridgehead atoms. The average molecular weight is 415 g/mol. The van der Waals surface area contributed by atoms with Gasteiger partial charge in [0.1, 0.15) is 11.6 Å². The topological polar surface area (TPSA) is 66.4 Å². The first kappa shape index (κ1) is 20.3. The van der Waals surface area contributed by atoms with Gasteiger partial charge in [-0.2, -0.15) is 4.31 Å². The lowest BCUT2D eigenvalue weighted by atomic mass is 10.0. The quantitative estimate of drug-likeness (QED) is 0.727. The summed E-state index contributed by atoms with van der Waals surface area (Å²) in [5.41, 5.74) is 4.70. The molecule has 0 radical (unpaired) electrons. The van der Waals surface area contributed by atoms with Gasteiger partial charge in [-0.15, -0.1) is 0 Å². The number of rotatable bonds is 6. The maximum Gasteiger partial charge on any atom is 0.213 e. The molecule has 156 valence electrons. The number of nitrogens with zero attached hydrogens (tertiary/aromatic N) is 4. The van der Waals surface area contributed by atoms with Crippen LogP contribution in [-0.4, -0.2) is 54.6 Å². The first-order valence-corrected chi connectivity index (χ1v) is 12.1. The third kappa shape index (κ3) is 4.46. The second-order valence-corrected chi connectivity index (χ2v) is 10.5. The van der Waals surface area contributed by atoms with Crippen LogP contribution in [0.5, 0.6) is 0 Å². The standard InChI is InChI=1S/C22H30N4O2S/c1-4-29(27,28)26-12-10-25(11-13-26)22-20(15-18-7-5-6-16(2)14-18)17(3)23-21(24-22)19-8-9-19/h5-7,14,19H,4,8-13,15H2,1-3H3. The highest BCUT2D eigenvalue weighted by Crippen LogP contribution is 2.39. The number of benzene rings is 1. The predicted molar refractivity (Wildman–Crippen MR) is 116 cm³/mol. The lowest BCUT2D eigenvalue weighted by Gasteiger charge is -2.35. The molecule has 2 fully saturated rings. The summed E-state index contributed by atoms with van der Waals surface area (Å²) in [6, 6.07) is 8.56. The number of sulfonamides is 1. The van der Waals surface area contributed by atoms with E-state index in [0.717, 1.165) is 29.3 Å². The second kappa shape index (κ2) is 8.03. The fraction of sp³-hybridized carbons (Fsp3) is 0.545. The van der Waals surface area contributed by atoms with Crippen LogP contribution in [-0.2, 0) is 16.4 Å². The zero-order valence-corrected chi connectivity index (χ0v) is 18.4. The fourth-order valence-electron chi connectivity index (χ4n) is 3.98. The lowest BCUT2D eigenvalue weighted by Crippen LogP contribution is -2.49. The van der Waals surface area contributed by atoms with Gasteiger partial charge in [-0.1, -0.05) is 29.8 Å². The maximum absolute atomic E-state index is 12.2. The molecule has 1 aliphatic carbocycles. The van der Waals surface area contributed by atoms with Gasteiger partial charge in [0.2, 0.25) is 10.0 Å². The van der Waals surface area contributed by atoms with E-state index in [1.807, 2.05) is 0 Å². The molecular formula is C22H30N4O2S. The van der Waals surface area contributed by atoms with E-state index in [4.69, 9.17) is 9.97 Å². The predicted octanol–water partition coefficient (Wildman–Crippen LogP) is 3.03. The smallest absolute Gasteiger partial charge is 0.213 e. The van der Waals surface area contributed by atoms with Crippen LogP contribution in [0.1, 0.15) is 53.9 Å². The van der Waals surface area contributed by atoms with E-state index in [1.165, 1.54) is 24.0 Å². The van der Waals surface area contributed by atoms with Crippen LogP contribution in [0.15, 0.2) is 24.3 Å². The zero-order chi connectivity index (χ0) is 20.6. The molecule has 2 aliphatic rings. The van der Waals surface area contributed by atoms with E-state index in [-0.39, 0.29) is 5.75 Å². The van der Waals surface area contributed by atoms with Crippen molar-refractivity contribution in [3.8, 4) is 0 Å². The summed E-state index contributed by atoms with van der Waals surface area (Å²) >= 11 is 0. The lowest BCUT2D eigenvalue weighted by molar-refractivity contribution is 0.384. The molecule has 2 heterocycles. The Kier molecular flexibility index (Phi) is 5.62. The molecule has 1 aromatic carbocycles. The first-order valence-electron chi connectivity index (χ1n) is 10.5. The molecule has 0 amide bonds. The maximum atomic E-state index is 12.2. The molecule has 0 unspecified atom stereocenters. The van der Waals surface area contributed by atoms with E-state index in [2.05, 4.69) is 43.0 Å². The molecule has 6 nitrogen and oxygen atoms in total. The Bertz CT molecular complexity index is 994. The van der Waals surface area contributed by atoms with Crippen molar-refractivity contribution in [3.63, 3.8) is 0 Å². The molecule has 4 rings (SSSR count). The van der Waals surface area contributed by atoms with Gasteiger partial charge in [0.15, 0.2) is 0 Å². The van der Waals surface area contributed by atoms with Gasteiger partial charge in [0, 0.05) is 49.8 Å². The molecule has 0 N–H and O–H groups in total. The Hall–Kier alpha value is -1.99. The molecule has 1 saturated heterocycles. The first-order chi connectivity index (χ1) is 13.9. The van der Waals surface area contributed by atoms with Crippen LogP contribution >= 0.6 is 0 Å². The summed E-state index contributed by atoms with van der Waals surface area (Å²) in [6.45, 7) is 8.26. The molecule has 29 heavy (non-hydrogen) atoms. The molecular weight excluding hydrogens is 384 g/mol. The Morgan fingerprint density at radius 1 is 1.07 bits per heavy atom. The van der Waals surface area contributed by atoms with Crippen LogP contribution in [0, 0.1) is 13.8 Å². The third-order valence-electron chi connectivity index (χ3n) is 5.91. The van der Waals surface area contributed by atoms with E-state index in [1.54, 1.807) is 11.2 Å². The van der Waals surface area contributed by atoms with Gasteiger partial charge in [0.05, 0.1) is 5.75 Å². The summed E-state index contributed by atoms with van der Waals surface area (Å²) in [5, 5.41) is 0. The van der Waals surface area contributed by atoms with Gasteiger partial charge in [-0.3, -0.25) is 0 Å². The molecule has 7 heteroatoms. The molecule has 0 spiro atoms. The Morgan fingerprint density at radius 2 is 1.79 bits per heavy atom. The van der Waals surface area contributed by atoms with E-state index in [0.29, 0.717) is 32.1 Å². The fourth-order valence-corrected chi connectivity index (χ4v) is 5.07. The number of piperazine rings is 1. The van der Waals surface area contributed by atoms with Gasteiger partial charge in [-0.05, 0) is 39.2 Å². The minimum atomic E-state index is -3.14. The van der Waals surface area contributed by atoms with Crippen molar-refractivity contribution in [1.82, 2.24) is 14.3 Å². The molecule has 1 aliphatic heterocycles. The summed E-state index contributed by atoms with van der Waals surface area (Å²) in [4.78, 5) is 12.1. The van der Waals surface area contributed by atoms with Crippen LogP contribution in [0.2, 0.25) is 0 Å². The minimum absolute atomic E-state index is 0.157. The largest absolute Gasteiger partial charge is 0.354 e. The number of anilines is 1. The second-order valence-electron chi connectivity index (χ2n) is 8.20. The summed E-state index contributed by atoms with van der Waals surface area (Å²) in [7, 11) is -3.14. The monoisotopic (exact) mass is 414 g/mol. The number of aryl methyl sites for hydroxylation is 2. The van der Waals surface area contributed by atoms with Crippen molar-refractivity contribution >= 4 is 15.8 Å². The Morgan fingerprint density at radius 3 is 2.41 bits per heavy atom. The molecule has 1 aromatic heterocycles. The van der Waals surface area contributed by atoms with Crippen molar-refractivity contribution in [2.45, 2.75) is 46.0 Å². The van der Waals surface area contributed by atoms with Crippen molar-refractivity contribution in [2.24, 2.45) is 0 Å². The molecule has 1 saturated carbocycles. The number of hydrogen-bond donors (Lipinski definition) is 0. The Balaban J connectivity index is 1.64. The minimum Gasteiger partial charge on any atom is -0.354 e. The third-order valence-corrected chi connectivity index (χ3v) is 7.79. The van der Waals surface area contributed by atoms with Crippen LogP contribution in [0.25, 0.3) is 0 Å². The molecule has 2 aromatic rings. The van der Waals surface area contributed by atoms with Crippen molar-refractivity contribution in [3.05, 3.63) is 52.5 Å². The highest BCUT2D eigenvalue weighted by atomic mass is 32.2. The van der Waals surface area contributed by atoms with Gasteiger partial charge < -0.3 is 4.90 Å². The van der Waals surface area contributed by atoms with E-state index >= 15 is 0 Å².